The van der Waals surface area contributed by atoms with Crippen molar-refractivity contribution in [3.8, 4) is 0 Å². The number of carboxylic acids is 1. The first-order chi connectivity index (χ1) is 18.0. The van der Waals surface area contributed by atoms with Crippen LogP contribution in [0.2, 0.25) is 0 Å². The van der Waals surface area contributed by atoms with E-state index in [1.54, 1.807) is 0 Å². The highest BCUT2D eigenvalue weighted by Crippen LogP contribution is 2.49. The topological polar surface area (TPSA) is 75.6 Å². The lowest BCUT2D eigenvalue weighted by molar-refractivity contribution is -0.152. The van der Waals surface area contributed by atoms with Crippen LogP contribution in [0.5, 0.6) is 0 Å². The van der Waals surface area contributed by atoms with E-state index in [9.17, 15) is 45.4 Å². The number of carboxylic acid groups (broad SMARTS) is 1. The summed E-state index contributed by atoms with van der Waals surface area (Å²) in [6, 6.07) is 6.12. The fourth-order valence-corrected chi connectivity index (χ4v) is 5.65. The minimum absolute atomic E-state index is 0.0195. The van der Waals surface area contributed by atoms with Gasteiger partial charge in [-0.1, -0.05) is 12.1 Å². The van der Waals surface area contributed by atoms with Crippen LogP contribution in [0.15, 0.2) is 42.5 Å². The second-order valence-electron chi connectivity index (χ2n) is 10.4. The number of carbonyl (C=O) groups excluding carboxylic acids is 1. The van der Waals surface area contributed by atoms with Gasteiger partial charge in [0.25, 0.3) is 0 Å². The van der Waals surface area contributed by atoms with Crippen LogP contribution < -0.4 is 5.32 Å². The van der Waals surface area contributed by atoms with Crippen molar-refractivity contribution >= 4 is 11.9 Å². The summed E-state index contributed by atoms with van der Waals surface area (Å²) in [4.78, 5) is 24.3. The molecule has 1 amide bonds. The van der Waals surface area contributed by atoms with Gasteiger partial charge < -0.3 is 15.2 Å². The number of rotatable bonds is 6. The van der Waals surface area contributed by atoms with Crippen molar-refractivity contribution in [3.05, 3.63) is 70.5 Å². The zero-order valence-electron chi connectivity index (χ0n) is 20.9. The maximum absolute atomic E-state index is 13.7. The number of hydrogen-bond donors (Lipinski definition) is 2. The van der Waals surface area contributed by atoms with E-state index in [2.05, 4.69) is 5.32 Å². The average molecular weight is 561 g/mol. The molecule has 0 aromatic heterocycles. The first-order valence-corrected chi connectivity index (χ1v) is 12.3. The molecule has 1 saturated carbocycles. The second-order valence-corrected chi connectivity index (χ2v) is 10.4. The normalized spacial score (nSPS) is 28.4. The molecule has 2 N–H and O–H groups in total. The smallest absolute Gasteiger partial charge is 0.416 e. The predicted molar refractivity (Wildman–Crippen MR) is 124 cm³/mol. The molecule has 1 saturated heterocycles. The van der Waals surface area contributed by atoms with Gasteiger partial charge >= 0.3 is 18.3 Å². The summed E-state index contributed by atoms with van der Waals surface area (Å²) in [5.41, 5.74) is -4.29. The number of ether oxygens (including phenoxy) is 1. The van der Waals surface area contributed by atoms with E-state index in [-0.39, 0.29) is 24.0 Å². The minimum atomic E-state index is -5.01. The van der Waals surface area contributed by atoms with Crippen molar-refractivity contribution < 1.29 is 50.2 Å². The molecular formula is C27H26F7NO4. The molecule has 2 aromatic carbocycles. The predicted octanol–water partition coefficient (Wildman–Crippen LogP) is 6.48. The summed E-state index contributed by atoms with van der Waals surface area (Å²) in [5.74, 6) is -3.37. The van der Waals surface area contributed by atoms with Gasteiger partial charge in [-0.25, -0.2) is 4.39 Å². The summed E-state index contributed by atoms with van der Waals surface area (Å²) in [7, 11) is 0. The molecule has 1 heterocycles. The quantitative estimate of drug-likeness (QED) is 0.313. The van der Waals surface area contributed by atoms with E-state index in [1.165, 1.54) is 38.1 Å². The molecular weight excluding hydrogens is 535 g/mol. The Kier molecular flexibility index (Phi) is 7.48. The zero-order valence-corrected chi connectivity index (χ0v) is 20.9. The lowest BCUT2D eigenvalue weighted by Gasteiger charge is -2.31. The summed E-state index contributed by atoms with van der Waals surface area (Å²) in [6.07, 6.45) is -11.2. The zero-order chi connectivity index (χ0) is 28.9. The average Bonchev–Trinajstić information content (AvgIpc) is 3.39. The van der Waals surface area contributed by atoms with E-state index in [0.717, 1.165) is 0 Å². The highest BCUT2D eigenvalue weighted by Gasteiger charge is 2.54. The molecule has 6 atom stereocenters. The molecule has 2 aliphatic rings. The van der Waals surface area contributed by atoms with Crippen LogP contribution in [-0.4, -0.2) is 29.1 Å². The van der Waals surface area contributed by atoms with Crippen LogP contribution in [0.25, 0.3) is 0 Å². The minimum Gasteiger partial charge on any atom is -0.480 e. The largest absolute Gasteiger partial charge is 0.480 e. The van der Waals surface area contributed by atoms with Gasteiger partial charge in [-0.05, 0) is 80.5 Å². The lowest BCUT2D eigenvalue weighted by Crippen LogP contribution is -2.37. The summed E-state index contributed by atoms with van der Waals surface area (Å²) < 4.78 is 100. The Morgan fingerprint density at radius 3 is 2.08 bits per heavy atom. The van der Waals surface area contributed by atoms with Gasteiger partial charge in [-0.15, -0.1) is 0 Å². The third-order valence-corrected chi connectivity index (χ3v) is 7.79. The molecule has 39 heavy (non-hydrogen) atoms. The Balaban J connectivity index is 1.66. The molecule has 212 valence electrons. The first-order valence-electron chi connectivity index (χ1n) is 12.3. The number of nitrogens with one attached hydrogen (secondary N) is 1. The third kappa shape index (κ3) is 5.75. The molecule has 0 spiro atoms. The lowest BCUT2D eigenvalue weighted by atomic mass is 9.78. The van der Waals surface area contributed by atoms with Gasteiger partial charge in [0.15, 0.2) is 0 Å². The standard InChI is InChI=1S/C27H26F7NO4/c1-13(15-9-16(26(29,30)31)11-17(10-15)27(32,33)34)39-21-8-7-19(22(21)14-3-5-18(28)6-4-14)20-12-25(2,24(37)38)23(36)35-20/h3-6,9-11,13,19-22H,7-8,12H2,1-2H3,(H,35,36)(H,37,38)/t13-,19+,20?,21+,22+,25-/m1/s1. The number of alkyl halides is 6. The number of halogens is 7. The van der Waals surface area contributed by atoms with Crippen LogP contribution in [0.4, 0.5) is 30.7 Å². The van der Waals surface area contributed by atoms with Gasteiger partial charge in [0.2, 0.25) is 5.91 Å². The van der Waals surface area contributed by atoms with Crippen LogP contribution in [0.1, 0.15) is 67.4 Å². The highest BCUT2D eigenvalue weighted by molar-refractivity contribution is 6.03. The molecule has 1 aliphatic heterocycles. The van der Waals surface area contributed by atoms with Crippen molar-refractivity contribution in [2.45, 2.75) is 69.6 Å². The molecule has 1 unspecified atom stereocenters. The van der Waals surface area contributed by atoms with E-state index < -0.39 is 70.8 Å². The fraction of sp³-hybridized carbons (Fsp3) is 0.481. The Morgan fingerprint density at radius 1 is 1.03 bits per heavy atom. The molecule has 4 rings (SSSR count). The SMILES string of the molecule is C[C@@H](O[C@H]1CC[C@@H](C2C[C@@](C)(C(=O)O)C(=O)N2)[C@@H]1c1ccc(F)cc1)c1cc(C(F)(F)F)cc(C(F)(F)F)c1. The first kappa shape index (κ1) is 28.8. The Hall–Kier alpha value is -3.15. The molecule has 0 radical (unpaired) electrons. The van der Waals surface area contributed by atoms with E-state index in [4.69, 9.17) is 4.74 Å². The van der Waals surface area contributed by atoms with Gasteiger partial charge in [0.1, 0.15) is 11.2 Å². The van der Waals surface area contributed by atoms with Crippen LogP contribution >= 0.6 is 0 Å². The van der Waals surface area contributed by atoms with Crippen molar-refractivity contribution in [1.29, 1.82) is 0 Å². The maximum Gasteiger partial charge on any atom is 0.416 e. The van der Waals surface area contributed by atoms with Gasteiger partial charge in [-0.3, -0.25) is 9.59 Å². The monoisotopic (exact) mass is 561 g/mol. The number of benzene rings is 2. The Labute approximate surface area is 219 Å². The third-order valence-electron chi connectivity index (χ3n) is 7.79. The molecule has 2 aromatic rings. The number of aliphatic carboxylic acids is 1. The molecule has 0 bridgehead atoms. The summed E-state index contributed by atoms with van der Waals surface area (Å²) >= 11 is 0. The fourth-order valence-electron chi connectivity index (χ4n) is 5.65. The van der Waals surface area contributed by atoms with E-state index >= 15 is 0 Å². The van der Waals surface area contributed by atoms with Crippen molar-refractivity contribution in [1.82, 2.24) is 5.32 Å². The van der Waals surface area contributed by atoms with E-state index in [0.29, 0.717) is 30.5 Å². The molecule has 12 heteroatoms. The van der Waals surface area contributed by atoms with Crippen molar-refractivity contribution in [2.75, 3.05) is 0 Å². The van der Waals surface area contributed by atoms with Crippen molar-refractivity contribution in [2.24, 2.45) is 11.3 Å². The van der Waals surface area contributed by atoms with Gasteiger partial charge in [0.05, 0.1) is 23.3 Å². The van der Waals surface area contributed by atoms with Crippen molar-refractivity contribution in [3.63, 3.8) is 0 Å². The van der Waals surface area contributed by atoms with Crippen LogP contribution in [0.3, 0.4) is 0 Å². The summed E-state index contributed by atoms with van der Waals surface area (Å²) in [5, 5.41) is 12.3. The van der Waals surface area contributed by atoms with Gasteiger partial charge in [-0.2, -0.15) is 26.3 Å². The Morgan fingerprint density at radius 2 is 1.59 bits per heavy atom. The van der Waals surface area contributed by atoms with E-state index in [1.807, 2.05) is 0 Å². The molecule has 1 aliphatic carbocycles. The second kappa shape index (κ2) is 10.1. The number of carbonyl (C=O) groups is 2. The maximum atomic E-state index is 13.7. The van der Waals surface area contributed by atoms with Crippen LogP contribution in [-0.2, 0) is 26.7 Å². The summed E-state index contributed by atoms with van der Waals surface area (Å²) in [6.45, 7) is 2.66. The Bertz CT molecular complexity index is 1210. The van der Waals surface area contributed by atoms with Gasteiger partial charge in [0, 0.05) is 12.0 Å². The number of hydrogen-bond acceptors (Lipinski definition) is 3. The van der Waals surface area contributed by atoms with Crippen LogP contribution in [0, 0.1) is 17.2 Å². The molecule has 2 fully saturated rings. The number of amides is 1. The highest BCUT2D eigenvalue weighted by atomic mass is 19.4. The molecule has 5 nitrogen and oxygen atoms in total.